The SMILES string of the molecule is Nc1ccn(CC(=O)N2CCCC2C(=O)NC2CC2)n1. The number of nitrogens with one attached hydrogen (secondary N) is 1. The average Bonchev–Trinajstić information content (AvgIpc) is 2.92. The van der Waals surface area contributed by atoms with Crippen LogP contribution in [0, 0.1) is 0 Å². The van der Waals surface area contributed by atoms with Gasteiger partial charge in [-0.15, -0.1) is 0 Å². The number of nitrogens with two attached hydrogens (primary N) is 1. The molecule has 1 aromatic rings. The Bertz CT molecular complexity index is 523. The minimum atomic E-state index is -0.323. The van der Waals surface area contributed by atoms with Crippen LogP contribution < -0.4 is 11.1 Å². The van der Waals surface area contributed by atoms with E-state index < -0.39 is 0 Å². The molecule has 108 valence electrons. The lowest BCUT2D eigenvalue weighted by atomic mass is 10.2. The van der Waals surface area contributed by atoms with E-state index in [9.17, 15) is 9.59 Å². The fourth-order valence-corrected chi connectivity index (χ4v) is 2.56. The van der Waals surface area contributed by atoms with Gasteiger partial charge < -0.3 is 16.0 Å². The van der Waals surface area contributed by atoms with Crippen LogP contribution in [0.3, 0.4) is 0 Å². The zero-order chi connectivity index (χ0) is 14.1. The smallest absolute Gasteiger partial charge is 0.244 e. The Morgan fingerprint density at radius 2 is 2.20 bits per heavy atom. The average molecular weight is 277 g/mol. The lowest BCUT2D eigenvalue weighted by molar-refractivity contribution is -0.139. The fourth-order valence-electron chi connectivity index (χ4n) is 2.56. The largest absolute Gasteiger partial charge is 0.382 e. The lowest BCUT2D eigenvalue weighted by Crippen LogP contribution is -2.47. The predicted octanol–water partition coefficient (Wildman–Crippen LogP) is -0.265. The van der Waals surface area contributed by atoms with Gasteiger partial charge in [-0.2, -0.15) is 5.10 Å². The maximum Gasteiger partial charge on any atom is 0.244 e. The Hall–Kier alpha value is -2.05. The van der Waals surface area contributed by atoms with E-state index in [2.05, 4.69) is 10.4 Å². The minimum Gasteiger partial charge on any atom is -0.382 e. The van der Waals surface area contributed by atoms with Gasteiger partial charge in [0, 0.05) is 18.8 Å². The highest BCUT2D eigenvalue weighted by atomic mass is 16.2. The van der Waals surface area contributed by atoms with Gasteiger partial charge in [-0.3, -0.25) is 14.3 Å². The van der Waals surface area contributed by atoms with E-state index >= 15 is 0 Å². The number of amides is 2. The standard InChI is InChI=1S/C13H19N5O2/c14-11-5-7-17(16-11)8-12(19)18-6-1-2-10(18)13(20)15-9-3-4-9/h5,7,9-10H,1-4,6,8H2,(H2,14,16)(H,15,20). The molecule has 0 aromatic carbocycles. The molecule has 1 aromatic heterocycles. The summed E-state index contributed by atoms with van der Waals surface area (Å²) in [6.45, 7) is 0.767. The molecule has 0 bridgehead atoms. The first-order valence-electron chi connectivity index (χ1n) is 7.02. The first kappa shape index (κ1) is 13.0. The summed E-state index contributed by atoms with van der Waals surface area (Å²) in [5.74, 6) is 0.294. The molecular weight excluding hydrogens is 258 g/mol. The quantitative estimate of drug-likeness (QED) is 0.792. The molecule has 0 spiro atoms. The van der Waals surface area contributed by atoms with Gasteiger partial charge in [0.2, 0.25) is 11.8 Å². The molecule has 1 saturated carbocycles. The molecule has 3 N–H and O–H groups in total. The fraction of sp³-hybridized carbons (Fsp3) is 0.615. The predicted molar refractivity (Wildman–Crippen MR) is 72.5 cm³/mol. The summed E-state index contributed by atoms with van der Waals surface area (Å²) >= 11 is 0. The van der Waals surface area contributed by atoms with Gasteiger partial charge in [0.15, 0.2) is 0 Å². The molecule has 1 atom stereocenters. The van der Waals surface area contributed by atoms with Crippen molar-refractivity contribution in [2.75, 3.05) is 12.3 Å². The minimum absolute atomic E-state index is 0.0154. The van der Waals surface area contributed by atoms with Crippen molar-refractivity contribution < 1.29 is 9.59 Å². The third-order valence-electron chi connectivity index (χ3n) is 3.76. The Morgan fingerprint density at radius 3 is 2.85 bits per heavy atom. The number of carbonyl (C=O) groups excluding carboxylic acids is 2. The molecule has 1 unspecified atom stereocenters. The first-order chi connectivity index (χ1) is 9.63. The maximum atomic E-state index is 12.3. The Labute approximate surface area is 117 Å². The number of hydrogen-bond donors (Lipinski definition) is 2. The van der Waals surface area contributed by atoms with Gasteiger partial charge in [0.1, 0.15) is 18.4 Å². The molecule has 2 heterocycles. The van der Waals surface area contributed by atoms with Gasteiger partial charge in [0.25, 0.3) is 0 Å². The topological polar surface area (TPSA) is 93.2 Å². The molecule has 2 amide bonds. The monoisotopic (exact) mass is 277 g/mol. The van der Waals surface area contributed by atoms with E-state index in [-0.39, 0.29) is 24.4 Å². The van der Waals surface area contributed by atoms with Crippen LogP contribution in [0.15, 0.2) is 12.3 Å². The van der Waals surface area contributed by atoms with E-state index in [0.717, 1.165) is 25.7 Å². The highest BCUT2D eigenvalue weighted by molar-refractivity contribution is 5.88. The van der Waals surface area contributed by atoms with Crippen LogP contribution >= 0.6 is 0 Å². The number of anilines is 1. The molecular formula is C13H19N5O2. The van der Waals surface area contributed by atoms with Gasteiger partial charge in [0.05, 0.1) is 0 Å². The molecule has 1 aliphatic carbocycles. The van der Waals surface area contributed by atoms with Crippen molar-refractivity contribution in [1.82, 2.24) is 20.0 Å². The number of likely N-dealkylation sites (tertiary alicyclic amines) is 1. The van der Waals surface area contributed by atoms with Gasteiger partial charge >= 0.3 is 0 Å². The molecule has 3 rings (SSSR count). The number of carbonyl (C=O) groups is 2. The number of rotatable bonds is 4. The van der Waals surface area contributed by atoms with Crippen LogP contribution in [0.25, 0.3) is 0 Å². The second-order valence-electron chi connectivity index (χ2n) is 5.47. The first-order valence-corrected chi connectivity index (χ1v) is 7.02. The summed E-state index contributed by atoms with van der Waals surface area (Å²) in [5.41, 5.74) is 5.52. The van der Waals surface area contributed by atoms with Crippen molar-refractivity contribution in [2.24, 2.45) is 0 Å². The molecule has 7 heteroatoms. The molecule has 1 aliphatic heterocycles. The van der Waals surface area contributed by atoms with Gasteiger partial charge in [-0.25, -0.2) is 0 Å². The normalized spacial score (nSPS) is 22.0. The summed E-state index contributed by atoms with van der Waals surface area (Å²) < 4.78 is 1.51. The van der Waals surface area contributed by atoms with Crippen molar-refractivity contribution in [3.8, 4) is 0 Å². The second-order valence-corrected chi connectivity index (χ2v) is 5.47. The number of hydrogen-bond acceptors (Lipinski definition) is 4. The number of nitrogen functional groups attached to an aromatic ring is 1. The van der Waals surface area contributed by atoms with E-state index in [1.54, 1.807) is 17.2 Å². The maximum absolute atomic E-state index is 12.3. The van der Waals surface area contributed by atoms with Crippen LogP contribution in [-0.2, 0) is 16.1 Å². The highest BCUT2D eigenvalue weighted by Crippen LogP contribution is 2.22. The van der Waals surface area contributed by atoms with E-state index in [0.29, 0.717) is 18.4 Å². The van der Waals surface area contributed by atoms with E-state index in [4.69, 9.17) is 5.73 Å². The Kier molecular flexibility index (Phi) is 3.33. The third-order valence-corrected chi connectivity index (χ3v) is 3.76. The van der Waals surface area contributed by atoms with Crippen molar-refractivity contribution in [3.63, 3.8) is 0 Å². The van der Waals surface area contributed by atoms with E-state index in [1.165, 1.54) is 4.68 Å². The molecule has 2 aliphatic rings. The van der Waals surface area contributed by atoms with Crippen LogP contribution in [0.2, 0.25) is 0 Å². The van der Waals surface area contributed by atoms with Crippen LogP contribution in [-0.4, -0.2) is 45.1 Å². The van der Waals surface area contributed by atoms with Crippen LogP contribution in [0.4, 0.5) is 5.82 Å². The summed E-state index contributed by atoms with van der Waals surface area (Å²) in [6.07, 6.45) is 5.39. The molecule has 2 fully saturated rings. The number of nitrogens with zero attached hydrogens (tertiary/aromatic N) is 3. The van der Waals surface area contributed by atoms with Gasteiger partial charge in [-0.1, -0.05) is 0 Å². The van der Waals surface area contributed by atoms with Crippen molar-refractivity contribution >= 4 is 17.6 Å². The summed E-state index contributed by atoms with van der Waals surface area (Å²) in [7, 11) is 0. The molecule has 20 heavy (non-hydrogen) atoms. The molecule has 7 nitrogen and oxygen atoms in total. The van der Waals surface area contributed by atoms with Crippen LogP contribution in [0.1, 0.15) is 25.7 Å². The number of aromatic nitrogens is 2. The Morgan fingerprint density at radius 1 is 1.40 bits per heavy atom. The zero-order valence-corrected chi connectivity index (χ0v) is 11.3. The second kappa shape index (κ2) is 5.15. The zero-order valence-electron chi connectivity index (χ0n) is 11.3. The summed E-state index contributed by atoms with van der Waals surface area (Å²) in [5, 5.41) is 6.97. The van der Waals surface area contributed by atoms with Crippen LogP contribution in [0.5, 0.6) is 0 Å². The third kappa shape index (κ3) is 2.76. The summed E-state index contributed by atoms with van der Waals surface area (Å²) in [6, 6.07) is 1.65. The lowest BCUT2D eigenvalue weighted by Gasteiger charge is -2.24. The Balaban J connectivity index is 1.61. The highest BCUT2D eigenvalue weighted by Gasteiger charge is 2.36. The van der Waals surface area contributed by atoms with E-state index in [1.807, 2.05) is 0 Å². The van der Waals surface area contributed by atoms with Crippen molar-refractivity contribution in [2.45, 2.75) is 44.3 Å². The van der Waals surface area contributed by atoms with Crippen molar-refractivity contribution in [3.05, 3.63) is 12.3 Å². The van der Waals surface area contributed by atoms with Crippen molar-refractivity contribution in [1.29, 1.82) is 0 Å². The molecule has 0 radical (unpaired) electrons. The molecule has 1 saturated heterocycles. The van der Waals surface area contributed by atoms with Gasteiger partial charge in [-0.05, 0) is 31.7 Å². The summed E-state index contributed by atoms with van der Waals surface area (Å²) in [4.78, 5) is 26.1.